The monoisotopic (exact) mass is 384 g/mol. The predicted molar refractivity (Wildman–Crippen MR) is 99.1 cm³/mol. The number of halogens is 1. The van der Waals surface area contributed by atoms with E-state index >= 15 is 0 Å². The number of amides is 2. The summed E-state index contributed by atoms with van der Waals surface area (Å²) in [6, 6.07) is 11.7. The van der Waals surface area contributed by atoms with Crippen LogP contribution in [-0.4, -0.2) is 16.7 Å². The average Bonchev–Trinajstić information content (AvgIpc) is 2.63. The van der Waals surface area contributed by atoms with Gasteiger partial charge in [-0.2, -0.15) is 5.26 Å². The van der Waals surface area contributed by atoms with Gasteiger partial charge in [-0.1, -0.05) is 11.6 Å². The molecule has 8 nitrogen and oxygen atoms in total. The van der Waals surface area contributed by atoms with Gasteiger partial charge in [0.2, 0.25) is 0 Å². The number of nitrogens with one attached hydrogen (secondary N) is 2. The maximum absolute atomic E-state index is 12.1. The third-order valence-corrected chi connectivity index (χ3v) is 3.74. The van der Waals surface area contributed by atoms with Gasteiger partial charge in [0.25, 0.3) is 17.5 Å². The van der Waals surface area contributed by atoms with Crippen LogP contribution in [0.25, 0.3) is 0 Å². The van der Waals surface area contributed by atoms with Crippen LogP contribution in [0.2, 0.25) is 5.02 Å². The predicted octanol–water partition coefficient (Wildman–Crippen LogP) is 3.33. The largest absolute Gasteiger partial charge is 0.360 e. The Balaban J connectivity index is 2.10. The van der Waals surface area contributed by atoms with Crippen LogP contribution in [0.1, 0.15) is 15.9 Å². The van der Waals surface area contributed by atoms with Gasteiger partial charge >= 0.3 is 0 Å². The summed E-state index contributed by atoms with van der Waals surface area (Å²) in [5, 5.41) is 25.2. The van der Waals surface area contributed by atoms with E-state index in [-0.39, 0.29) is 16.8 Å². The van der Waals surface area contributed by atoms with Crippen LogP contribution in [0.5, 0.6) is 0 Å². The standard InChI is InChI=1S/C18H13ClN4O4/c1-11-8-15(23(26)27)6-7-16(11)21-10-13(9-20)18(25)22-17(24)12-2-4-14(19)5-3-12/h2-8,10,21H,1H3,(H,22,24,25)/b13-10-. The van der Waals surface area contributed by atoms with Crippen molar-refractivity contribution < 1.29 is 14.5 Å². The van der Waals surface area contributed by atoms with E-state index in [0.717, 1.165) is 6.20 Å². The van der Waals surface area contributed by atoms with E-state index in [2.05, 4.69) is 10.6 Å². The molecule has 0 fully saturated rings. The summed E-state index contributed by atoms with van der Waals surface area (Å²) < 4.78 is 0. The molecule has 0 atom stereocenters. The van der Waals surface area contributed by atoms with E-state index in [1.54, 1.807) is 13.0 Å². The number of anilines is 1. The molecule has 0 bridgehead atoms. The third kappa shape index (κ3) is 5.14. The summed E-state index contributed by atoms with van der Waals surface area (Å²) in [5.74, 6) is -1.56. The molecule has 9 heteroatoms. The number of nitro benzene ring substituents is 1. The average molecular weight is 385 g/mol. The fraction of sp³-hybridized carbons (Fsp3) is 0.0556. The number of nitriles is 1. The highest BCUT2D eigenvalue weighted by Gasteiger charge is 2.15. The van der Waals surface area contributed by atoms with E-state index in [0.29, 0.717) is 16.3 Å². The number of hydrogen-bond acceptors (Lipinski definition) is 6. The topological polar surface area (TPSA) is 125 Å². The Morgan fingerprint density at radius 3 is 2.44 bits per heavy atom. The van der Waals surface area contributed by atoms with Crippen molar-refractivity contribution in [1.82, 2.24) is 5.32 Å². The molecular weight excluding hydrogens is 372 g/mol. The Labute approximate surface area is 159 Å². The van der Waals surface area contributed by atoms with Crippen LogP contribution in [0, 0.1) is 28.4 Å². The Bertz CT molecular complexity index is 978. The second-order valence-electron chi connectivity index (χ2n) is 5.36. The number of rotatable bonds is 5. The van der Waals surface area contributed by atoms with Gasteiger partial charge in [0, 0.05) is 34.6 Å². The minimum Gasteiger partial charge on any atom is -0.360 e. The number of nitro groups is 1. The number of aryl methyl sites for hydroxylation is 1. The van der Waals surface area contributed by atoms with Gasteiger partial charge in [-0.15, -0.1) is 0 Å². The lowest BCUT2D eigenvalue weighted by Crippen LogP contribution is -2.31. The van der Waals surface area contributed by atoms with Crippen molar-refractivity contribution in [2.75, 3.05) is 5.32 Å². The molecule has 2 aromatic carbocycles. The zero-order chi connectivity index (χ0) is 20.0. The van der Waals surface area contributed by atoms with Crippen molar-refractivity contribution in [3.63, 3.8) is 0 Å². The van der Waals surface area contributed by atoms with Gasteiger partial charge in [0.15, 0.2) is 0 Å². The molecule has 2 aromatic rings. The number of non-ortho nitro benzene ring substituents is 1. The number of carbonyl (C=O) groups excluding carboxylic acids is 2. The maximum Gasteiger partial charge on any atom is 0.270 e. The van der Waals surface area contributed by atoms with Crippen molar-refractivity contribution in [3.8, 4) is 6.07 Å². The molecule has 2 amide bonds. The lowest BCUT2D eigenvalue weighted by atomic mass is 10.1. The smallest absolute Gasteiger partial charge is 0.270 e. The summed E-state index contributed by atoms with van der Waals surface area (Å²) in [5.41, 5.74) is 0.827. The number of carbonyl (C=O) groups is 2. The van der Waals surface area contributed by atoms with Gasteiger partial charge in [-0.25, -0.2) is 0 Å². The summed E-state index contributed by atoms with van der Waals surface area (Å²) in [6.45, 7) is 1.64. The summed E-state index contributed by atoms with van der Waals surface area (Å²) in [6.07, 6.45) is 1.12. The first kappa shape index (κ1) is 19.6. The Morgan fingerprint density at radius 2 is 1.89 bits per heavy atom. The molecule has 0 aliphatic heterocycles. The quantitative estimate of drug-likeness (QED) is 0.352. The Hall–Kier alpha value is -3.70. The minimum atomic E-state index is -0.885. The lowest BCUT2D eigenvalue weighted by Gasteiger charge is -2.07. The second kappa shape index (κ2) is 8.60. The molecule has 0 heterocycles. The van der Waals surface area contributed by atoms with Crippen LogP contribution in [0.4, 0.5) is 11.4 Å². The fourth-order valence-electron chi connectivity index (χ4n) is 2.07. The first-order valence-corrected chi connectivity index (χ1v) is 7.92. The maximum atomic E-state index is 12.1. The zero-order valence-electron chi connectivity index (χ0n) is 14.0. The Kier molecular flexibility index (Phi) is 6.25. The first-order valence-electron chi connectivity index (χ1n) is 7.55. The zero-order valence-corrected chi connectivity index (χ0v) is 14.8. The summed E-state index contributed by atoms with van der Waals surface area (Å²) >= 11 is 5.74. The van der Waals surface area contributed by atoms with Gasteiger partial charge < -0.3 is 5.32 Å². The van der Waals surface area contributed by atoms with Crippen LogP contribution in [0.15, 0.2) is 54.2 Å². The van der Waals surface area contributed by atoms with Crippen molar-refractivity contribution in [3.05, 3.63) is 80.5 Å². The molecule has 0 unspecified atom stereocenters. The fourth-order valence-corrected chi connectivity index (χ4v) is 2.19. The molecule has 0 saturated carbocycles. The molecule has 0 spiro atoms. The highest BCUT2D eigenvalue weighted by Crippen LogP contribution is 2.21. The first-order chi connectivity index (χ1) is 12.8. The van der Waals surface area contributed by atoms with Crippen LogP contribution in [0.3, 0.4) is 0 Å². The van der Waals surface area contributed by atoms with E-state index in [1.165, 1.54) is 42.5 Å². The molecular formula is C18H13ClN4O4. The number of imide groups is 1. The molecule has 0 aliphatic carbocycles. The molecule has 0 radical (unpaired) electrons. The molecule has 0 aliphatic rings. The number of benzene rings is 2. The van der Waals surface area contributed by atoms with E-state index in [9.17, 15) is 19.7 Å². The Morgan fingerprint density at radius 1 is 1.22 bits per heavy atom. The number of hydrogen-bond donors (Lipinski definition) is 2. The van der Waals surface area contributed by atoms with Crippen LogP contribution in [-0.2, 0) is 4.79 Å². The van der Waals surface area contributed by atoms with Gasteiger partial charge in [-0.05, 0) is 42.8 Å². The van der Waals surface area contributed by atoms with Crippen LogP contribution < -0.4 is 10.6 Å². The highest BCUT2D eigenvalue weighted by molar-refractivity contribution is 6.30. The molecule has 136 valence electrons. The summed E-state index contributed by atoms with van der Waals surface area (Å²) in [4.78, 5) is 34.3. The summed E-state index contributed by atoms with van der Waals surface area (Å²) in [7, 11) is 0. The molecule has 2 N–H and O–H groups in total. The highest BCUT2D eigenvalue weighted by atomic mass is 35.5. The van der Waals surface area contributed by atoms with Crippen molar-refractivity contribution in [2.24, 2.45) is 0 Å². The minimum absolute atomic E-state index is 0.0751. The molecule has 27 heavy (non-hydrogen) atoms. The lowest BCUT2D eigenvalue weighted by molar-refractivity contribution is -0.384. The van der Waals surface area contributed by atoms with Crippen LogP contribution >= 0.6 is 11.6 Å². The van der Waals surface area contributed by atoms with E-state index in [4.69, 9.17) is 16.9 Å². The van der Waals surface area contributed by atoms with Crippen molar-refractivity contribution >= 4 is 34.8 Å². The molecule has 2 rings (SSSR count). The van der Waals surface area contributed by atoms with Gasteiger partial charge in [-0.3, -0.25) is 25.0 Å². The second-order valence-corrected chi connectivity index (χ2v) is 5.80. The third-order valence-electron chi connectivity index (χ3n) is 3.49. The number of nitrogens with zero attached hydrogens (tertiary/aromatic N) is 2. The van der Waals surface area contributed by atoms with E-state index < -0.39 is 16.7 Å². The van der Waals surface area contributed by atoms with E-state index in [1.807, 2.05) is 0 Å². The van der Waals surface area contributed by atoms with Crippen molar-refractivity contribution in [1.29, 1.82) is 5.26 Å². The van der Waals surface area contributed by atoms with Gasteiger partial charge in [0.1, 0.15) is 11.6 Å². The SMILES string of the molecule is Cc1cc([N+](=O)[O-])ccc1N/C=C(/C#N)C(=O)NC(=O)c1ccc(Cl)cc1. The normalized spacial score (nSPS) is 10.6. The van der Waals surface area contributed by atoms with Crippen molar-refractivity contribution in [2.45, 2.75) is 6.92 Å². The molecule has 0 aromatic heterocycles. The molecule has 0 saturated heterocycles. The van der Waals surface area contributed by atoms with Gasteiger partial charge in [0.05, 0.1) is 4.92 Å².